The summed E-state index contributed by atoms with van der Waals surface area (Å²) in [5.74, 6) is 0. The molecule has 0 saturated carbocycles. The van der Waals surface area contributed by atoms with E-state index in [1.54, 1.807) is 0 Å². The van der Waals surface area contributed by atoms with Crippen LogP contribution in [0.4, 0.5) is 0 Å². The molecule has 2 nitrogen and oxygen atoms in total. The number of nitrogens with one attached hydrogen (secondary N) is 1. The third kappa shape index (κ3) is 4.54. The molecule has 0 bridgehead atoms. The van der Waals surface area contributed by atoms with Crippen molar-refractivity contribution in [2.24, 2.45) is 0 Å². The number of ether oxygens (including phenoxy) is 1. The van der Waals surface area contributed by atoms with Crippen LogP contribution in [0.5, 0.6) is 0 Å². The van der Waals surface area contributed by atoms with Gasteiger partial charge >= 0.3 is 0 Å². The van der Waals surface area contributed by atoms with E-state index in [0.717, 1.165) is 36.0 Å². The first-order valence-electron chi connectivity index (χ1n) is 10.0. The molecule has 0 aromatic heterocycles. The van der Waals surface area contributed by atoms with Crippen molar-refractivity contribution in [2.45, 2.75) is 29.1 Å². The van der Waals surface area contributed by atoms with Crippen LogP contribution in [0, 0.1) is 6.92 Å². The van der Waals surface area contributed by atoms with Crippen molar-refractivity contribution < 1.29 is 4.74 Å². The lowest BCUT2D eigenvalue weighted by Gasteiger charge is -2.43. The molecule has 0 amide bonds. The van der Waals surface area contributed by atoms with E-state index in [2.05, 4.69) is 79.0 Å². The van der Waals surface area contributed by atoms with Gasteiger partial charge in [0.05, 0.1) is 22.5 Å². The standard InChI is InChI=1S/C25H26ClNOS/c1-19-9-8-14-22(26)24(19)29-25(21-12-6-3-7-13-21,23-18-27-15-16-28-23)17-20-10-4-2-5-11-20/h2-14,23,27H,15-18H2,1H3/t23-,25-/m1/s1. The normalized spacial score (nSPS) is 18.9. The summed E-state index contributed by atoms with van der Waals surface area (Å²) in [5, 5.41) is 4.34. The predicted octanol–water partition coefficient (Wildman–Crippen LogP) is 5.87. The van der Waals surface area contributed by atoms with Crippen molar-refractivity contribution in [2.75, 3.05) is 19.7 Å². The highest BCUT2D eigenvalue weighted by Gasteiger charge is 2.44. The van der Waals surface area contributed by atoms with E-state index in [4.69, 9.17) is 16.3 Å². The maximum Gasteiger partial charge on any atom is 0.0894 e. The molecule has 4 rings (SSSR count). The molecule has 0 aliphatic carbocycles. The summed E-state index contributed by atoms with van der Waals surface area (Å²) in [6, 6.07) is 27.6. The van der Waals surface area contributed by atoms with Crippen molar-refractivity contribution in [3.05, 3.63) is 101 Å². The van der Waals surface area contributed by atoms with Crippen LogP contribution in [0.25, 0.3) is 0 Å². The SMILES string of the molecule is Cc1cccc(Cl)c1S[C@](Cc1ccccc1)(c1ccccc1)[C@H]1CNCCO1. The number of morpholine rings is 1. The molecule has 1 aliphatic heterocycles. The smallest absolute Gasteiger partial charge is 0.0894 e. The van der Waals surface area contributed by atoms with Gasteiger partial charge in [0.1, 0.15) is 0 Å². The van der Waals surface area contributed by atoms with Crippen molar-refractivity contribution in [1.29, 1.82) is 0 Å². The Bertz CT molecular complexity index is 908. The minimum atomic E-state index is -0.300. The zero-order chi connectivity index (χ0) is 20.1. The van der Waals surface area contributed by atoms with E-state index in [9.17, 15) is 0 Å². The molecule has 4 heteroatoms. The molecule has 1 aliphatic rings. The molecule has 1 fully saturated rings. The van der Waals surface area contributed by atoms with Gasteiger partial charge in [-0.2, -0.15) is 0 Å². The number of thioether (sulfide) groups is 1. The van der Waals surface area contributed by atoms with Crippen molar-refractivity contribution in [3.8, 4) is 0 Å². The first kappa shape index (κ1) is 20.5. The average Bonchev–Trinajstić information content (AvgIpc) is 2.77. The first-order chi connectivity index (χ1) is 14.2. The van der Waals surface area contributed by atoms with Crippen molar-refractivity contribution in [3.63, 3.8) is 0 Å². The Kier molecular flexibility index (Phi) is 6.61. The number of hydrogen-bond acceptors (Lipinski definition) is 3. The Hall–Kier alpha value is -1.78. The molecule has 0 radical (unpaired) electrons. The maximum absolute atomic E-state index is 6.69. The molecular weight excluding hydrogens is 398 g/mol. The van der Waals surface area contributed by atoms with Gasteiger partial charge in [-0.3, -0.25) is 0 Å². The van der Waals surface area contributed by atoms with Crippen LogP contribution in [-0.2, 0) is 15.9 Å². The van der Waals surface area contributed by atoms with Gasteiger partial charge < -0.3 is 10.1 Å². The molecule has 3 aromatic rings. The molecule has 150 valence electrons. The van der Waals surface area contributed by atoms with Gasteiger partial charge in [-0.15, -0.1) is 11.8 Å². The number of aryl methyl sites for hydroxylation is 1. The van der Waals surface area contributed by atoms with Gasteiger partial charge in [0.25, 0.3) is 0 Å². The summed E-state index contributed by atoms with van der Waals surface area (Å²) in [6.45, 7) is 4.56. The summed E-state index contributed by atoms with van der Waals surface area (Å²) in [6.07, 6.45) is 0.888. The Morgan fingerprint density at radius 2 is 1.72 bits per heavy atom. The second-order valence-corrected chi connectivity index (χ2v) is 9.22. The fraction of sp³-hybridized carbons (Fsp3) is 0.280. The van der Waals surface area contributed by atoms with Crippen LogP contribution in [0.1, 0.15) is 16.7 Å². The highest BCUT2D eigenvalue weighted by atomic mass is 35.5. The lowest BCUT2D eigenvalue weighted by Crippen LogP contribution is -2.51. The minimum Gasteiger partial charge on any atom is -0.374 e. The Labute approximate surface area is 182 Å². The maximum atomic E-state index is 6.69. The number of hydrogen-bond donors (Lipinski definition) is 1. The molecular formula is C25H26ClNOS. The van der Waals surface area contributed by atoms with Crippen molar-refractivity contribution >= 4 is 23.4 Å². The van der Waals surface area contributed by atoms with E-state index in [1.165, 1.54) is 16.7 Å². The summed E-state index contributed by atoms with van der Waals surface area (Å²) < 4.78 is 6.10. The van der Waals surface area contributed by atoms with Crippen LogP contribution in [0.3, 0.4) is 0 Å². The van der Waals surface area contributed by atoms with Crippen LogP contribution in [-0.4, -0.2) is 25.8 Å². The fourth-order valence-electron chi connectivity index (χ4n) is 3.97. The lowest BCUT2D eigenvalue weighted by molar-refractivity contribution is 0.00164. The molecule has 0 unspecified atom stereocenters. The number of halogens is 1. The zero-order valence-electron chi connectivity index (χ0n) is 16.6. The van der Waals surface area contributed by atoms with E-state index in [1.807, 2.05) is 23.9 Å². The number of rotatable bonds is 6. The molecule has 1 N–H and O–H groups in total. The van der Waals surface area contributed by atoms with Crippen LogP contribution in [0.2, 0.25) is 5.02 Å². The second-order valence-electron chi connectivity index (χ2n) is 7.47. The third-order valence-corrected chi connectivity index (χ3v) is 7.65. The monoisotopic (exact) mass is 423 g/mol. The lowest BCUT2D eigenvalue weighted by atomic mass is 9.85. The van der Waals surface area contributed by atoms with Gasteiger partial charge in [-0.25, -0.2) is 0 Å². The zero-order valence-corrected chi connectivity index (χ0v) is 18.2. The second kappa shape index (κ2) is 9.36. The van der Waals surface area contributed by atoms with Crippen LogP contribution < -0.4 is 5.32 Å². The van der Waals surface area contributed by atoms with Gasteiger partial charge in [0, 0.05) is 18.0 Å². The highest BCUT2D eigenvalue weighted by molar-refractivity contribution is 8.00. The predicted molar refractivity (Wildman–Crippen MR) is 123 cm³/mol. The molecule has 0 spiro atoms. The largest absolute Gasteiger partial charge is 0.374 e. The Morgan fingerprint density at radius 3 is 2.38 bits per heavy atom. The van der Waals surface area contributed by atoms with Crippen LogP contribution in [0.15, 0.2) is 83.8 Å². The molecule has 3 aromatic carbocycles. The third-order valence-electron chi connectivity index (χ3n) is 5.47. The van der Waals surface area contributed by atoms with E-state index in [0.29, 0.717) is 0 Å². The topological polar surface area (TPSA) is 21.3 Å². The summed E-state index contributed by atoms with van der Waals surface area (Å²) in [5.41, 5.74) is 3.75. The molecule has 29 heavy (non-hydrogen) atoms. The fourth-order valence-corrected chi connectivity index (χ4v) is 5.85. The van der Waals surface area contributed by atoms with E-state index in [-0.39, 0.29) is 10.9 Å². The van der Waals surface area contributed by atoms with Crippen molar-refractivity contribution in [1.82, 2.24) is 5.32 Å². The first-order valence-corrected chi connectivity index (χ1v) is 11.2. The van der Waals surface area contributed by atoms with Gasteiger partial charge in [0.15, 0.2) is 0 Å². The summed E-state index contributed by atoms with van der Waals surface area (Å²) in [7, 11) is 0. The van der Waals surface area contributed by atoms with E-state index >= 15 is 0 Å². The summed E-state index contributed by atoms with van der Waals surface area (Å²) >= 11 is 8.53. The molecule has 1 saturated heterocycles. The van der Waals surface area contributed by atoms with Gasteiger partial charge in [-0.05, 0) is 36.1 Å². The van der Waals surface area contributed by atoms with Gasteiger partial charge in [-0.1, -0.05) is 84.4 Å². The van der Waals surface area contributed by atoms with Gasteiger partial charge in [0.2, 0.25) is 0 Å². The molecule has 1 heterocycles. The average molecular weight is 424 g/mol. The van der Waals surface area contributed by atoms with Crippen LogP contribution >= 0.6 is 23.4 Å². The Morgan fingerprint density at radius 1 is 1.00 bits per heavy atom. The summed E-state index contributed by atoms with van der Waals surface area (Å²) in [4.78, 5) is 1.13. The molecule has 2 atom stereocenters. The van der Waals surface area contributed by atoms with E-state index < -0.39 is 0 Å². The number of benzene rings is 3. The Balaban J connectivity index is 1.87. The quantitative estimate of drug-likeness (QED) is 0.501. The highest BCUT2D eigenvalue weighted by Crippen LogP contribution is 2.50. The minimum absolute atomic E-state index is 0.0273.